The molecule has 96 valence electrons. The quantitative estimate of drug-likeness (QED) is 0.759. The number of aromatic nitrogens is 1. The molecule has 0 aliphatic rings. The predicted octanol–water partition coefficient (Wildman–Crippen LogP) is 4.22. The van der Waals surface area contributed by atoms with E-state index < -0.39 is 0 Å². The van der Waals surface area contributed by atoms with Gasteiger partial charge < -0.3 is 14.8 Å². The minimum Gasteiger partial charge on any atom is -0.506 e. The molecule has 0 spiro atoms. The van der Waals surface area contributed by atoms with Gasteiger partial charge in [0.15, 0.2) is 0 Å². The van der Waals surface area contributed by atoms with Gasteiger partial charge in [-0.2, -0.15) is 0 Å². The van der Waals surface area contributed by atoms with Crippen LogP contribution in [0.1, 0.15) is 5.69 Å². The van der Waals surface area contributed by atoms with E-state index in [0.717, 1.165) is 26.8 Å². The van der Waals surface area contributed by atoms with E-state index in [9.17, 15) is 5.11 Å². The summed E-state index contributed by atoms with van der Waals surface area (Å²) in [6, 6.07) is 15.1. The lowest BCUT2D eigenvalue weighted by molar-refractivity contribution is 0.300. The van der Waals surface area contributed by atoms with E-state index in [2.05, 4.69) is 20.9 Å². The minimum atomic E-state index is 0.254. The Hall–Kier alpha value is -1.94. The third-order valence-corrected chi connectivity index (χ3v) is 3.56. The average molecular weight is 318 g/mol. The summed E-state index contributed by atoms with van der Waals surface area (Å²) in [4.78, 5) is 3.16. The van der Waals surface area contributed by atoms with Gasteiger partial charge in [0, 0.05) is 5.39 Å². The molecule has 2 N–H and O–H groups in total. The Kier molecular flexibility index (Phi) is 3.17. The fourth-order valence-corrected chi connectivity index (χ4v) is 2.39. The summed E-state index contributed by atoms with van der Waals surface area (Å²) >= 11 is 3.44. The summed E-state index contributed by atoms with van der Waals surface area (Å²) in [6.45, 7) is 0.427. The molecule has 3 rings (SSSR count). The number of aromatic hydroxyl groups is 1. The molecule has 19 heavy (non-hydrogen) atoms. The first-order valence-electron chi connectivity index (χ1n) is 5.91. The number of aromatic amines is 1. The summed E-state index contributed by atoms with van der Waals surface area (Å²) in [5, 5.41) is 10.7. The Labute approximate surface area is 119 Å². The highest BCUT2D eigenvalue weighted by Gasteiger charge is 2.06. The maximum absolute atomic E-state index is 9.73. The Balaban J connectivity index is 1.83. The highest BCUT2D eigenvalue weighted by molar-refractivity contribution is 9.10. The van der Waals surface area contributed by atoms with Crippen molar-refractivity contribution in [2.45, 2.75) is 6.61 Å². The number of H-pyrrole nitrogens is 1. The van der Waals surface area contributed by atoms with Crippen molar-refractivity contribution in [1.82, 2.24) is 4.98 Å². The first kappa shape index (κ1) is 12.1. The molecule has 0 unspecified atom stereocenters. The van der Waals surface area contributed by atoms with Crippen LogP contribution in [0.5, 0.6) is 11.5 Å². The second-order valence-corrected chi connectivity index (χ2v) is 5.11. The van der Waals surface area contributed by atoms with Crippen LogP contribution in [-0.2, 0) is 6.61 Å². The average Bonchev–Trinajstić information content (AvgIpc) is 2.82. The van der Waals surface area contributed by atoms with Crippen LogP contribution in [0.2, 0.25) is 0 Å². The van der Waals surface area contributed by atoms with Gasteiger partial charge in [0.2, 0.25) is 0 Å². The normalized spacial score (nSPS) is 10.8. The number of hydrogen-bond acceptors (Lipinski definition) is 2. The number of para-hydroxylation sites is 2. The Morgan fingerprint density at radius 3 is 2.74 bits per heavy atom. The molecule has 4 heteroatoms. The van der Waals surface area contributed by atoms with Gasteiger partial charge >= 0.3 is 0 Å². The van der Waals surface area contributed by atoms with Crippen LogP contribution in [0.3, 0.4) is 0 Å². The van der Waals surface area contributed by atoms with Crippen molar-refractivity contribution < 1.29 is 9.84 Å². The zero-order valence-electron chi connectivity index (χ0n) is 10.1. The molecule has 0 saturated carbocycles. The summed E-state index contributed by atoms with van der Waals surface area (Å²) in [5.41, 5.74) is 1.67. The zero-order valence-corrected chi connectivity index (χ0v) is 11.6. The highest BCUT2D eigenvalue weighted by Crippen LogP contribution is 2.27. The van der Waals surface area contributed by atoms with Crippen LogP contribution in [0.25, 0.3) is 10.9 Å². The number of halogens is 1. The van der Waals surface area contributed by atoms with Crippen molar-refractivity contribution >= 4 is 26.8 Å². The number of rotatable bonds is 3. The number of phenolic OH excluding ortho intramolecular Hbond substituents is 1. The molecular formula is C15H12BrNO2. The van der Waals surface area contributed by atoms with E-state index in [1.54, 1.807) is 6.07 Å². The molecule has 0 bridgehead atoms. The van der Waals surface area contributed by atoms with Crippen molar-refractivity contribution in [2.24, 2.45) is 0 Å². The molecule has 0 saturated heterocycles. The van der Waals surface area contributed by atoms with E-state index in [-0.39, 0.29) is 5.75 Å². The van der Waals surface area contributed by atoms with Crippen LogP contribution >= 0.6 is 15.9 Å². The van der Waals surface area contributed by atoms with Crippen molar-refractivity contribution in [3.05, 3.63) is 58.7 Å². The fourth-order valence-electron chi connectivity index (χ4n) is 1.99. The highest BCUT2D eigenvalue weighted by atomic mass is 79.9. The van der Waals surface area contributed by atoms with Crippen molar-refractivity contribution in [2.75, 3.05) is 0 Å². The standard InChI is InChI=1S/C15H12BrNO2/c16-12-5-1-2-7-14(12)19-9-11-8-10-4-3-6-13(18)15(10)17-11/h1-8,17-18H,9H2. The van der Waals surface area contributed by atoms with Gasteiger partial charge in [-0.25, -0.2) is 0 Å². The van der Waals surface area contributed by atoms with E-state index >= 15 is 0 Å². The second kappa shape index (κ2) is 4.97. The fraction of sp³-hybridized carbons (Fsp3) is 0.0667. The van der Waals surface area contributed by atoms with Gasteiger partial charge in [0.05, 0.1) is 15.7 Å². The molecule has 3 aromatic rings. The first-order valence-corrected chi connectivity index (χ1v) is 6.70. The predicted molar refractivity (Wildman–Crippen MR) is 78.4 cm³/mol. The van der Waals surface area contributed by atoms with Crippen LogP contribution < -0.4 is 4.74 Å². The van der Waals surface area contributed by atoms with Crippen LogP contribution in [0.4, 0.5) is 0 Å². The molecule has 0 amide bonds. The molecule has 1 heterocycles. The van der Waals surface area contributed by atoms with Gasteiger partial charge in [0.25, 0.3) is 0 Å². The van der Waals surface area contributed by atoms with Gasteiger partial charge in [-0.05, 0) is 40.2 Å². The van der Waals surface area contributed by atoms with Crippen LogP contribution in [-0.4, -0.2) is 10.1 Å². The molecule has 3 nitrogen and oxygen atoms in total. The van der Waals surface area contributed by atoms with Crippen molar-refractivity contribution in [3.8, 4) is 11.5 Å². The van der Waals surface area contributed by atoms with Crippen molar-refractivity contribution in [3.63, 3.8) is 0 Å². The van der Waals surface area contributed by atoms with E-state index in [1.165, 1.54) is 0 Å². The lowest BCUT2D eigenvalue weighted by Crippen LogP contribution is -1.95. The Morgan fingerprint density at radius 1 is 1.11 bits per heavy atom. The lowest BCUT2D eigenvalue weighted by atomic mass is 10.2. The second-order valence-electron chi connectivity index (χ2n) is 4.26. The molecule has 0 aliphatic carbocycles. The summed E-state index contributed by atoms with van der Waals surface area (Å²) in [6.07, 6.45) is 0. The molecular weight excluding hydrogens is 306 g/mol. The van der Waals surface area contributed by atoms with Gasteiger partial charge in [-0.1, -0.05) is 24.3 Å². The van der Waals surface area contributed by atoms with Crippen LogP contribution in [0.15, 0.2) is 53.0 Å². The topological polar surface area (TPSA) is 45.2 Å². The number of hydrogen-bond donors (Lipinski definition) is 2. The zero-order chi connectivity index (χ0) is 13.2. The Bertz CT molecular complexity index is 721. The van der Waals surface area contributed by atoms with Crippen molar-refractivity contribution in [1.29, 1.82) is 0 Å². The summed E-state index contributed by atoms with van der Waals surface area (Å²) in [7, 11) is 0. The number of fused-ring (bicyclic) bond motifs is 1. The third kappa shape index (κ3) is 2.44. The van der Waals surface area contributed by atoms with E-state index in [4.69, 9.17) is 4.74 Å². The monoisotopic (exact) mass is 317 g/mol. The minimum absolute atomic E-state index is 0.254. The van der Waals surface area contributed by atoms with Gasteiger partial charge in [-0.15, -0.1) is 0 Å². The maximum atomic E-state index is 9.73. The third-order valence-electron chi connectivity index (χ3n) is 2.91. The number of benzene rings is 2. The SMILES string of the molecule is Oc1cccc2cc(COc3ccccc3Br)[nH]c12. The Morgan fingerprint density at radius 2 is 1.95 bits per heavy atom. The first-order chi connectivity index (χ1) is 9.24. The summed E-state index contributed by atoms with van der Waals surface area (Å²) < 4.78 is 6.66. The smallest absolute Gasteiger partial charge is 0.139 e. The molecule has 1 aromatic heterocycles. The molecule has 0 aliphatic heterocycles. The number of phenols is 1. The molecule has 0 radical (unpaired) electrons. The molecule has 2 aromatic carbocycles. The lowest BCUT2D eigenvalue weighted by Gasteiger charge is -2.06. The number of nitrogens with one attached hydrogen (secondary N) is 1. The molecule has 0 atom stereocenters. The van der Waals surface area contributed by atoms with Gasteiger partial charge in [0.1, 0.15) is 18.1 Å². The van der Waals surface area contributed by atoms with Crippen LogP contribution in [0, 0.1) is 0 Å². The maximum Gasteiger partial charge on any atom is 0.139 e. The largest absolute Gasteiger partial charge is 0.506 e. The number of ether oxygens (including phenoxy) is 1. The van der Waals surface area contributed by atoms with Gasteiger partial charge in [-0.3, -0.25) is 0 Å². The summed E-state index contributed by atoms with van der Waals surface area (Å²) in [5.74, 6) is 1.05. The molecule has 0 fully saturated rings. The van der Waals surface area contributed by atoms with E-state index in [1.807, 2.05) is 42.5 Å². The van der Waals surface area contributed by atoms with E-state index in [0.29, 0.717) is 6.61 Å².